The molecule has 1 unspecified atom stereocenters. The number of furan rings is 1. The maximum Gasteiger partial charge on any atom is 0.242 e. The molecular formula is C19H21N3O2S. The highest BCUT2D eigenvalue weighted by atomic mass is 32.2. The fourth-order valence-corrected chi connectivity index (χ4v) is 3.85. The summed E-state index contributed by atoms with van der Waals surface area (Å²) in [6, 6.07) is 11.7. The van der Waals surface area contributed by atoms with E-state index in [1.165, 1.54) is 11.8 Å². The molecule has 0 spiro atoms. The molecule has 1 amide bonds. The summed E-state index contributed by atoms with van der Waals surface area (Å²) in [7, 11) is 0. The van der Waals surface area contributed by atoms with Gasteiger partial charge in [-0.2, -0.15) is 5.10 Å². The lowest BCUT2D eigenvalue weighted by Crippen LogP contribution is -2.31. The third-order valence-electron chi connectivity index (χ3n) is 4.03. The molecule has 25 heavy (non-hydrogen) atoms. The van der Waals surface area contributed by atoms with Crippen LogP contribution in [0, 0.1) is 6.92 Å². The molecular weight excluding hydrogens is 334 g/mol. The fraction of sp³-hybridized carbons (Fsp3) is 0.316. The Morgan fingerprint density at radius 3 is 2.84 bits per heavy atom. The van der Waals surface area contributed by atoms with Crippen molar-refractivity contribution in [3.8, 4) is 0 Å². The van der Waals surface area contributed by atoms with Gasteiger partial charge < -0.3 is 4.42 Å². The first kappa shape index (κ1) is 17.5. The molecule has 3 rings (SSSR count). The van der Waals surface area contributed by atoms with E-state index in [9.17, 15) is 4.79 Å². The SMILES string of the molecule is CCCC1S/C(=N/N=C/c2ccco2)N(Cc2ccccc2C)C1=O. The molecule has 1 aliphatic heterocycles. The van der Waals surface area contributed by atoms with Gasteiger partial charge in [0.15, 0.2) is 5.17 Å². The number of carbonyl (C=O) groups is 1. The van der Waals surface area contributed by atoms with Gasteiger partial charge in [0.2, 0.25) is 5.91 Å². The number of benzene rings is 1. The number of thioether (sulfide) groups is 1. The first-order valence-electron chi connectivity index (χ1n) is 8.36. The van der Waals surface area contributed by atoms with Gasteiger partial charge in [0.1, 0.15) is 5.76 Å². The number of amides is 1. The van der Waals surface area contributed by atoms with E-state index in [-0.39, 0.29) is 11.2 Å². The summed E-state index contributed by atoms with van der Waals surface area (Å²) in [6.45, 7) is 4.66. The van der Waals surface area contributed by atoms with Crippen molar-refractivity contribution in [3.63, 3.8) is 0 Å². The Morgan fingerprint density at radius 2 is 2.12 bits per heavy atom. The molecule has 0 saturated carbocycles. The monoisotopic (exact) mass is 355 g/mol. The van der Waals surface area contributed by atoms with Crippen molar-refractivity contribution in [1.29, 1.82) is 0 Å². The Kier molecular flexibility index (Phi) is 5.71. The number of hydrogen-bond donors (Lipinski definition) is 0. The van der Waals surface area contributed by atoms with Crippen molar-refractivity contribution in [2.75, 3.05) is 0 Å². The standard InChI is InChI=1S/C19H21N3O2S/c1-3-7-17-18(23)22(13-15-9-5-4-8-14(15)2)19(25-17)21-20-12-16-10-6-11-24-16/h4-6,8-12,17H,3,7,13H2,1-2H3/b20-12+,21-19+. The van der Waals surface area contributed by atoms with Crippen LogP contribution in [0.2, 0.25) is 0 Å². The molecule has 1 aromatic carbocycles. The predicted molar refractivity (Wildman–Crippen MR) is 102 cm³/mol. The fourth-order valence-electron chi connectivity index (χ4n) is 2.63. The van der Waals surface area contributed by atoms with Crippen molar-refractivity contribution < 1.29 is 9.21 Å². The van der Waals surface area contributed by atoms with Crippen molar-refractivity contribution in [1.82, 2.24) is 4.90 Å². The number of hydrogen-bond acceptors (Lipinski definition) is 5. The molecule has 5 nitrogen and oxygen atoms in total. The summed E-state index contributed by atoms with van der Waals surface area (Å²) >= 11 is 1.50. The summed E-state index contributed by atoms with van der Waals surface area (Å²) < 4.78 is 5.21. The van der Waals surface area contributed by atoms with E-state index in [2.05, 4.69) is 30.1 Å². The Hall–Kier alpha value is -2.34. The molecule has 2 heterocycles. The minimum Gasteiger partial charge on any atom is -0.463 e. The van der Waals surface area contributed by atoms with Crippen LogP contribution in [0.4, 0.5) is 0 Å². The number of aryl methyl sites for hydroxylation is 1. The highest BCUT2D eigenvalue weighted by Crippen LogP contribution is 2.32. The van der Waals surface area contributed by atoms with Gasteiger partial charge in [-0.25, -0.2) is 0 Å². The summed E-state index contributed by atoms with van der Waals surface area (Å²) in [6.07, 6.45) is 4.94. The largest absolute Gasteiger partial charge is 0.463 e. The molecule has 0 radical (unpaired) electrons. The van der Waals surface area contributed by atoms with E-state index < -0.39 is 0 Å². The van der Waals surface area contributed by atoms with Crippen LogP contribution in [-0.2, 0) is 11.3 Å². The van der Waals surface area contributed by atoms with Gasteiger partial charge in [-0.05, 0) is 36.6 Å². The van der Waals surface area contributed by atoms with Gasteiger partial charge in [0.25, 0.3) is 0 Å². The molecule has 0 bridgehead atoms. The van der Waals surface area contributed by atoms with Crippen molar-refractivity contribution in [2.45, 2.75) is 38.5 Å². The molecule has 130 valence electrons. The Labute approximate surface area is 151 Å². The van der Waals surface area contributed by atoms with Crippen molar-refractivity contribution in [3.05, 3.63) is 59.5 Å². The maximum atomic E-state index is 12.8. The van der Waals surface area contributed by atoms with E-state index in [1.807, 2.05) is 24.3 Å². The highest BCUT2D eigenvalue weighted by molar-refractivity contribution is 8.15. The van der Waals surface area contributed by atoms with E-state index in [0.717, 1.165) is 24.0 Å². The van der Waals surface area contributed by atoms with Crippen LogP contribution in [0.1, 0.15) is 36.7 Å². The molecule has 6 heteroatoms. The predicted octanol–water partition coefficient (Wildman–Crippen LogP) is 4.22. The Bertz CT molecular complexity index is 784. The lowest BCUT2D eigenvalue weighted by Gasteiger charge is -2.17. The van der Waals surface area contributed by atoms with Gasteiger partial charge in [0.05, 0.1) is 24.3 Å². The minimum atomic E-state index is -0.0772. The first-order chi connectivity index (χ1) is 12.2. The summed E-state index contributed by atoms with van der Waals surface area (Å²) in [5, 5.41) is 8.95. The second kappa shape index (κ2) is 8.16. The van der Waals surface area contributed by atoms with Crippen molar-refractivity contribution >= 4 is 29.1 Å². The molecule has 1 aromatic heterocycles. The van der Waals surface area contributed by atoms with Gasteiger partial charge in [-0.15, -0.1) is 5.10 Å². The topological polar surface area (TPSA) is 58.2 Å². The van der Waals surface area contributed by atoms with Crippen LogP contribution in [-0.4, -0.2) is 27.4 Å². The van der Waals surface area contributed by atoms with E-state index >= 15 is 0 Å². The van der Waals surface area contributed by atoms with Crippen LogP contribution in [0.5, 0.6) is 0 Å². The molecule has 1 aliphatic rings. The molecule has 1 atom stereocenters. The molecule has 0 N–H and O–H groups in total. The van der Waals surface area contributed by atoms with E-state index in [1.54, 1.807) is 23.4 Å². The zero-order valence-electron chi connectivity index (χ0n) is 14.4. The normalized spacial score (nSPS) is 19.4. The quantitative estimate of drug-likeness (QED) is 0.576. The van der Waals surface area contributed by atoms with E-state index in [4.69, 9.17) is 4.42 Å². The smallest absolute Gasteiger partial charge is 0.242 e. The van der Waals surface area contributed by atoms with Gasteiger partial charge >= 0.3 is 0 Å². The number of carbonyl (C=O) groups excluding carboxylic acids is 1. The summed E-state index contributed by atoms with van der Waals surface area (Å²) in [4.78, 5) is 14.5. The Balaban J connectivity index is 1.82. The number of amidine groups is 1. The zero-order chi connectivity index (χ0) is 17.6. The molecule has 0 aliphatic carbocycles. The third kappa shape index (κ3) is 4.20. The summed E-state index contributed by atoms with van der Waals surface area (Å²) in [5.74, 6) is 0.747. The van der Waals surface area contributed by atoms with E-state index in [0.29, 0.717) is 17.5 Å². The minimum absolute atomic E-state index is 0.0772. The van der Waals surface area contributed by atoms with Crippen LogP contribution in [0.25, 0.3) is 0 Å². The van der Waals surface area contributed by atoms with Gasteiger partial charge in [-0.3, -0.25) is 9.69 Å². The number of nitrogens with zero attached hydrogens (tertiary/aromatic N) is 3. The molecule has 1 saturated heterocycles. The zero-order valence-corrected chi connectivity index (χ0v) is 15.2. The van der Waals surface area contributed by atoms with Crippen molar-refractivity contribution in [2.24, 2.45) is 10.2 Å². The van der Waals surface area contributed by atoms with Gasteiger partial charge in [-0.1, -0.05) is 49.4 Å². The van der Waals surface area contributed by atoms with Crippen LogP contribution in [0.15, 0.2) is 57.3 Å². The lowest BCUT2D eigenvalue weighted by atomic mass is 10.1. The average Bonchev–Trinajstić information content (AvgIpc) is 3.21. The Morgan fingerprint density at radius 1 is 1.28 bits per heavy atom. The molecule has 2 aromatic rings. The highest BCUT2D eigenvalue weighted by Gasteiger charge is 2.37. The average molecular weight is 355 g/mol. The van der Waals surface area contributed by atoms with Crippen LogP contribution >= 0.6 is 11.8 Å². The lowest BCUT2D eigenvalue weighted by molar-refractivity contribution is -0.126. The second-order valence-electron chi connectivity index (χ2n) is 5.89. The molecule has 1 fully saturated rings. The van der Waals surface area contributed by atoms with Crippen LogP contribution in [0.3, 0.4) is 0 Å². The summed E-state index contributed by atoms with van der Waals surface area (Å²) in [5.41, 5.74) is 2.29. The number of rotatable bonds is 6. The van der Waals surface area contributed by atoms with Gasteiger partial charge in [0, 0.05) is 0 Å². The third-order valence-corrected chi connectivity index (χ3v) is 5.27. The maximum absolute atomic E-state index is 12.8. The first-order valence-corrected chi connectivity index (χ1v) is 9.24. The second-order valence-corrected chi connectivity index (χ2v) is 7.06. The van der Waals surface area contributed by atoms with Crippen LogP contribution < -0.4 is 0 Å².